The van der Waals surface area contributed by atoms with Gasteiger partial charge in [-0.1, -0.05) is 44.4 Å². The number of hydrogen-bond donors (Lipinski definition) is 1. The number of hydrogen-bond acceptors (Lipinski definition) is 3. The molecular formula is C15H22O4. The summed E-state index contributed by atoms with van der Waals surface area (Å²) in [7, 11) is 1.54. The largest absolute Gasteiger partial charge is 0.481 e. The number of aliphatic carboxylic acids is 1. The van der Waals surface area contributed by atoms with Crippen LogP contribution in [0.3, 0.4) is 0 Å². The third kappa shape index (κ3) is 4.91. The van der Waals surface area contributed by atoms with Gasteiger partial charge in [0.05, 0.1) is 5.92 Å². The van der Waals surface area contributed by atoms with Gasteiger partial charge >= 0.3 is 5.97 Å². The maximum atomic E-state index is 11.4. The van der Waals surface area contributed by atoms with Crippen LogP contribution in [-0.4, -0.2) is 25.0 Å². The molecule has 0 aromatic heterocycles. The molecule has 0 aliphatic carbocycles. The number of carbonyl (C=O) groups is 1. The lowest BCUT2D eigenvalue weighted by Crippen LogP contribution is -2.13. The number of methoxy groups -OCH3 is 1. The minimum absolute atomic E-state index is 0.123. The summed E-state index contributed by atoms with van der Waals surface area (Å²) in [6.07, 6.45) is 3.67. The van der Waals surface area contributed by atoms with Crippen LogP contribution in [0, 0.1) is 0 Å². The van der Waals surface area contributed by atoms with Crippen LogP contribution in [0.25, 0.3) is 0 Å². The van der Waals surface area contributed by atoms with Gasteiger partial charge in [-0.05, 0) is 12.5 Å². The summed E-state index contributed by atoms with van der Waals surface area (Å²) in [5, 5.41) is 9.39. The van der Waals surface area contributed by atoms with Crippen molar-refractivity contribution >= 4 is 5.97 Å². The normalized spacial score (nSPS) is 12.1. The van der Waals surface area contributed by atoms with E-state index in [4.69, 9.17) is 9.47 Å². The van der Waals surface area contributed by atoms with E-state index in [2.05, 4.69) is 6.92 Å². The van der Waals surface area contributed by atoms with Gasteiger partial charge in [0.15, 0.2) is 6.79 Å². The van der Waals surface area contributed by atoms with Crippen molar-refractivity contribution in [1.29, 1.82) is 0 Å². The van der Waals surface area contributed by atoms with Gasteiger partial charge in [-0.25, -0.2) is 0 Å². The van der Waals surface area contributed by atoms with Crippen LogP contribution in [0.4, 0.5) is 0 Å². The Bertz CT molecular complexity index is 389. The molecule has 4 nitrogen and oxygen atoms in total. The maximum Gasteiger partial charge on any atom is 0.311 e. The van der Waals surface area contributed by atoms with E-state index in [1.54, 1.807) is 13.2 Å². The van der Waals surface area contributed by atoms with Crippen molar-refractivity contribution in [2.75, 3.05) is 13.9 Å². The summed E-state index contributed by atoms with van der Waals surface area (Å²) in [6, 6.07) is 7.27. The molecule has 0 radical (unpaired) electrons. The minimum atomic E-state index is -0.801. The van der Waals surface area contributed by atoms with Crippen molar-refractivity contribution in [3.63, 3.8) is 0 Å². The fraction of sp³-hybridized carbons (Fsp3) is 0.533. The van der Waals surface area contributed by atoms with Crippen molar-refractivity contribution in [3.05, 3.63) is 29.8 Å². The van der Waals surface area contributed by atoms with E-state index < -0.39 is 11.9 Å². The summed E-state index contributed by atoms with van der Waals surface area (Å²) in [4.78, 5) is 11.4. The molecule has 106 valence electrons. The lowest BCUT2D eigenvalue weighted by molar-refractivity contribution is -0.139. The number of para-hydroxylation sites is 1. The molecular weight excluding hydrogens is 244 g/mol. The Balaban J connectivity index is 2.85. The number of rotatable bonds is 9. The molecule has 0 saturated carbocycles. The van der Waals surface area contributed by atoms with E-state index in [0.717, 1.165) is 24.8 Å². The zero-order valence-corrected chi connectivity index (χ0v) is 11.6. The number of ether oxygens (including phenoxy) is 2. The van der Waals surface area contributed by atoms with Crippen LogP contribution in [0.2, 0.25) is 0 Å². The van der Waals surface area contributed by atoms with Crippen LogP contribution in [0.15, 0.2) is 24.3 Å². The Labute approximate surface area is 114 Å². The van der Waals surface area contributed by atoms with E-state index in [1.807, 2.05) is 18.2 Å². The topological polar surface area (TPSA) is 55.8 Å². The quantitative estimate of drug-likeness (QED) is 0.549. The first kappa shape index (κ1) is 15.5. The molecule has 1 atom stereocenters. The van der Waals surface area contributed by atoms with E-state index in [0.29, 0.717) is 12.2 Å². The summed E-state index contributed by atoms with van der Waals surface area (Å²) in [6.45, 7) is 2.23. The fourth-order valence-corrected chi connectivity index (χ4v) is 2.03. The Morgan fingerprint density at radius 3 is 2.68 bits per heavy atom. The standard InChI is InChI=1S/C15H22O4/c1-3-4-5-9-13(15(16)17)12-8-6-7-10-14(12)19-11-18-2/h6-8,10,13H,3-5,9,11H2,1-2H3,(H,16,17). The highest BCUT2D eigenvalue weighted by Crippen LogP contribution is 2.30. The second-order valence-electron chi connectivity index (χ2n) is 4.48. The fourth-order valence-electron chi connectivity index (χ4n) is 2.03. The number of unbranched alkanes of at least 4 members (excludes halogenated alkanes) is 2. The predicted octanol–water partition coefficient (Wildman–Crippen LogP) is 3.42. The first-order chi connectivity index (χ1) is 9.20. The average Bonchev–Trinajstić information content (AvgIpc) is 2.41. The van der Waals surface area contributed by atoms with Crippen LogP contribution in [-0.2, 0) is 9.53 Å². The van der Waals surface area contributed by atoms with Crippen molar-refractivity contribution in [3.8, 4) is 5.75 Å². The number of benzene rings is 1. The highest BCUT2D eigenvalue weighted by molar-refractivity contribution is 5.77. The Morgan fingerprint density at radius 2 is 2.05 bits per heavy atom. The molecule has 1 aromatic carbocycles. The van der Waals surface area contributed by atoms with Gasteiger partial charge in [0, 0.05) is 12.7 Å². The maximum absolute atomic E-state index is 11.4. The second-order valence-corrected chi connectivity index (χ2v) is 4.48. The van der Waals surface area contributed by atoms with Crippen molar-refractivity contribution < 1.29 is 19.4 Å². The second kappa shape index (κ2) is 8.53. The van der Waals surface area contributed by atoms with Crippen molar-refractivity contribution in [1.82, 2.24) is 0 Å². The van der Waals surface area contributed by atoms with Crippen molar-refractivity contribution in [2.24, 2.45) is 0 Å². The highest BCUT2D eigenvalue weighted by Gasteiger charge is 2.22. The monoisotopic (exact) mass is 266 g/mol. The number of carboxylic acids is 1. The molecule has 1 rings (SSSR count). The molecule has 0 spiro atoms. The molecule has 4 heteroatoms. The van der Waals surface area contributed by atoms with Gasteiger partial charge in [0.2, 0.25) is 0 Å². The number of carboxylic acid groups (broad SMARTS) is 1. The van der Waals surface area contributed by atoms with Gasteiger partial charge in [-0.2, -0.15) is 0 Å². The molecule has 19 heavy (non-hydrogen) atoms. The van der Waals surface area contributed by atoms with E-state index in [1.165, 1.54) is 0 Å². The van der Waals surface area contributed by atoms with Crippen LogP contribution >= 0.6 is 0 Å². The van der Waals surface area contributed by atoms with Crippen LogP contribution < -0.4 is 4.74 Å². The van der Waals surface area contributed by atoms with E-state index in [-0.39, 0.29) is 6.79 Å². The van der Waals surface area contributed by atoms with Gasteiger partial charge in [0.25, 0.3) is 0 Å². The Kier molecular flexibility index (Phi) is 6.97. The van der Waals surface area contributed by atoms with Crippen LogP contribution in [0.5, 0.6) is 5.75 Å². The molecule has 0 aliphatic rings. The van der Waals surface area contributed by atoms with Crippen molar-refractivity contribution in [2.45, 2.75) is 38.5 Å². The Hall–Kier alpha value is -1.55. The molecule has 0 aliphatic heterocycles. The Morgan fingerprint density at radius 1 is 1.32 bits per heavy atom. The van der Waals surface area contributed by atoms with Gasteiger partial charge in [0.1, 0.15) is 5.75 Å². The molecule has 0 bridgehead atoms. The molecule has 1 N–H and O–H groups in total. The first-order valence-electron chi connectivity index (χ1n) is 6.64. The zero-order valence-electron chi connectivity index (χ0n) is 11.6. The molecule has 0 amide bonds. The third-order valence-corrected chi connectivity index (χ3v) is 3.02. The molecule has 0 heterocycles. The smallest absolute Gasteiger partial charge is 0.311 e. The van der Waals surface area contributed by atoms with Crippen LogP contribution in [0.1, 0.15) is 44.1 Å². The summed E-state index contributed by atoms with van der Waals surface area (Å²) in [5.41, 5.74) is 0.725. The zero-order chi connectivity index (χ0) is 14.1. The molecule has 0 fully saturated rings. The summed E-state index contributed by atoms with van der Waals surface area (Å²) >= 11 is 0. The molecule has 1 aromatic rings. The summed E-state index contributed by atoms with van der Waals surface area (Å²) < 4.78 is 10.3. The van der Waals surface area contributed by atoms with Gasteiger partial charge in [-0.15, -0.1) is 0 Å². The average molecular weight is 266 g/mol. The van der Waals surface area contributed by atoms with Gasteiger partial charge in [-0.3, -0.25) is 4.79 Å². The molecule has 0 saturated heterocycles. The van der Waals surface area contributed by atoms with E-state index >= 15 is 0 Å². The lowest BCUT2D eigenvalue weighted by Gasteiger charge is -2.17. The van der Waals surface area contributed by atoms with E-state index in [9.17, 15) is 9.90 Å². The highest BCUT2D eigenvalue weighted by atomic mass is 16.7. The third-order valence-electron chi connectivity index (χ3n) is 3.02. The predicted molar refractivity (Wildman–Crippen MR) is 73.5 cm³/mol. The lowest BCUT2D eigenvalue weighted by atomic mass is 9.92. The van der Waals surface area contributed by atoms with Gasteiger partial charge < -0.3 is 14.6 Å². The minimum Gasteiger partial charge on any atom is -0.481 e. The first-order valence-corrected chi connectivity index (χ1v) is 6.64. The SMILES string of the molecule is CCCCCC(C(=O)O)c1ccccc1OCOC. The summed E-state index contributed by atoms with van der Waals surface area (Å²) in [5.74, 6) is -0.725. The molecule has 1 unspecified atom stereocenters.